The highest BCUT2D eigenvalue weighted by Gasteiger charge is 2.26. The molecule has 2 aromatic carbocycles. The van der Waals surface area contributed by atoms with Crippen molar-refractivity contribution in [3.8, 4) is 0 Å². The maximum Gasteiger partial charge on any atom is 0.242 e. The first kappa shape index (κ1) is 23.9. The molecule has 162 valence electrons. The van der Waals surface area contributed by atoms with Crippen LogP contribution in [-0.2, 0) is 29.0 Å². The number of benzene rings is 2. The van der Waals surface area contributed by atoms with Crippen LogP contribution in [0.15, 0.2) is 48.5 Å². The van der Waals surface area contributed by atoms with Crippen LogP contribution in [0.1, 0.15) is 50.8 Å². The van der Waals surface area contributed by atoms with Crippen molar-refractivity contribution in [2.24, 2.45) is 5.92 Å². The molecule has 2 rings (SSSR count). The molecule has 1 unspecified atom stereocenters. The fourth-order valence-electron chi connectivity index (χ4n) is 3.18. The van der Waals surface area contributed by atoms with E-state index in [-0.39, 0.29) is 11.8 Å². The van der Waals surface area contributed by atoms with Gasteiger partial charge in [0.1, 0.15) is 6.04 Å². The van der Waals surface area contributed by atoms with Crippen LogP contribution in [0, 0.1) is 5.92 Å². The molecule has 0 aliphatic rings. The highest BCUT2D eigenvalue weighted by molar-refractivity contribution is 6.31. The summed E-state index contributed by atoms with van der Waals surface area (Å²) in [5.74, 6) is 0.151. The lowest BCUT2D eigenvalue weighted by Crippen LogP contribution is -2.48. The number of rotatable bonds is 10. The zero-order valence-electron chi connectivity index (χ0n) is 18.5. The van der Waals surface area contributed by atoms with Crippen molar-refractivity contribution in [3.63, 3.8) is 0 Å². The molecule has 0 aliphatic carbocycles. The van der Waals surface area contributed by atoms with E-state index in [9.17, 15) is 9.59 Å². The minimum absolute atomic E-state index is 0.0540. The minimum atomic E-state index is -0.574. The zero-order chi connectivity index (χ0) is 22.1. The number of carbonyl (C=O) groups is 2. The summed E-state index contributed by atoms with van der Waals surface area (Å²) in [5.41, 5.74) is 3.24. The molecule has 4 nitrogen and oxygen atoms in total. The minimum Gasteiger partial charge on any atom is -0.354 e. The van der Waals surface area contributed by atoms with Crippen molar-refractivity contribution in [1.82, 2.24) is 10.2 Å². The Bertz CT molecular complexity index is 833. The van der Waals surface area contributed by atoms with Crippen LogP contribution in [0.3, 0.4) is 0 Å². The number of aryl methyl sites for hydroxylation is 2. The van der Waals surface area contributed by atoms with Crippen LogP contribution in [-0.4, -0.2) is 29.3 Å². The molecule has 2 amide bonds. The summed E-state index contributed by atoms with van der Waals surface area (Å²) < 4.78 is 0. The predicted octanol–water partition coefficient (Wildman–Crippen LogP) is 5.02. The first-order valence-corrected chi connectivity index (χ1v) is 11.1. The van der Waals surface area contributed by atoms with Crippen LogP contribution in [0.2, 0.25) is 5.02 Å². The van der Waals surface area contributed by atoms with E-state index >= 15 is 0 Å². The topological polar surface area (TPSA) is 49.4 Å². The second-order valence-electron chi connectivity index (χ2n) is 8.10. The summed E-state index contributed by atoms with van der Waals surface area (Å²) in [7, 11) is 0. The number of hydrogen-bond donors (Lipinski definition) is 1. The first-order chi connectivity index (χ1) is 14.3. The number of amides is 2. The molecule has 1 atom stereocenters. The van der Waals surface area contributed by atoms with Crippen molar-refractivity contribution in [2.45, 2.75) is 59.5 Å². The molecule has 2 aromatic rings. The van der Waals surface area contributed by atoms with E-state index in [1.165, 1.54) is 5.56 Å². The Labute approximate surface area is 185 Å². The van der Waals surface area contributed by atoms with Gasteiger partial charge in [0.2, 0.25) is 11.8 Å². The van der Waals surface area contributed by atoms with Gasteiger partial charge in [-0.15, -0.1) is 0 Å². The molecule has 0 saturated heterocycles. The van der Waals surface area contributed by atoms with Gasteiger partial charge in [0.25, 0.3) is 0 Å². The van der Waals surface area contributed by atoms with E-state index in [0.717, 1.165) is 17.5 Å². The Hall–Kier alpha value is -2.33. The Morgan fingerprint density at radius 2 is 1.63 bits per heavy atom. The van der Waals surface area contributed by atoms with Crippen molar-refractivity contribution in [3.05, 3.63) is 70.2 Å². The van der Waals surface area contributed by atoms with Crippen molar-refractivity contribution in [2.75, 3.05) is 6.54 Å². The molecule has 0 radical (unpaired) electrons. The van der Waals surface area contributed by atoms with Crippen LogP contribution >= 0.6 is 11.6 Å². The van der Waals surface area contributed by atoms with E-state index in [4.69, 9.17) is 11.6 Å². The van der Waals surface area contributed by atoms with E-state index in [1.54, 1.807) is 17.9 Å². The van der Waals surface area contributed by atoms with Gasteiger partial charge >= 0.3 is 0 Å². The van der Waals surface area contributed by atoms with E-state index in [2.05, 4.69) is 36.5 Å². The fraction of sp³-hybridized carbons (Fsp3) is 0.440. The Kier molecular flexibility index (Phi) is 9.38. The van der Waals surface area contributed by atoms with Gasteiger partial charge in [0, 0.05) is 24.5 Å². The van der Waals surface area contributed by atoms with Crippen LogP contribution in [0.5, 0.6) is 0 Å². The Morgan fingerprint density at radius 3 is 2.23 bits per heavy atom. The molecule has 0 spiro atoms. The number of hydrogen-bond acceptors (Lipinski definition) is 2. The molecular formula is C25H33ClN2O2. The molecule has 0 aromatic heterocycles. The average molecular weight is 429 g/mol. The number of nitrogens with zero attached hydrogens (tertiary/aromatic N) is 1. The quantitative estimate of drug-likeness (QED) is 0.577. The summed E-state index contributed by atoms with van der Waals surface area (Å²) in [5, 5.41) is 3.54. The molecule has 1 N–H and O–H groups in total. The molecular weight excluding hydrogens is 396 g/mol. The van der Waals surface area contributed by atoms with Crippen molar-refractivity contribution >= 4 is 23.4 Å². The highest BCUT2D eigenvalue weighted by atomic mass is 35.5. The van der Waals surface area contributed by atoms with Gasteiger partial charge in [-0.25, -0.2) is 0 Å². The third kappa shape index (κ3) is 7.17. The van der Waals surface area contributed by atoms with Crippen LogP contribution in [0.4, 0.5) is 0 Å². The molecule has 0 fully saturated rings. The lowest BCUT2D eigenvalue weighted by atomic mass is 10.0. The van der Waals surface area contributed by atoms with Gasteiger partial charge in [0.15, 0.2) is 0 Å². The maximum atomic E-state index is 13.1. The third-order valence-electron chi connectivity index (χ3n) is 5.21. The van der Waals surface area contributed by atoms with E-state index < -0.39 is 6.04 Å². The molecule has 0 bridgehead atoms. The summed E-state index contributed by atoms with van der Waals surface area (Å²) in [6.07, 6.45) is 1.98. The highest BCUT2D eigenvalue weighted by Crippen LogP contribution is 2.20. The molecule has 0 heterocycles. The standard InChI is InChI=1S/C25H33ClN2O2/c1-5-20-10-12-21(13-11-20)14-15-24(29)28(17-22-8-6-7-9-23(22)26)19(4)25(30)27-16-18(2)3/h6-13,18-19H,5,14-17H2,1-4H3,(H,27,30). The van der Waals surface area contributed by atoms with Crippen molar-refractivity contribution in [1.29, 1.82) is 0 Å². The third-order valence-corrected chi connectivity index (χ3v) is 5.58. The van der Waals surface area contributed by atoms with Crippen molar-refractivity contribution < 1.29 is 9.59 Å². The van der Waals surface area contributed by atoms with Crippen LogP contribution in [0.25, 0.3) is 0 Å². The van der Waals surface area contributed by atoms with E-state index in [0.29, 0.717) is 36.9 Å². The summed E-state index contributed by atoms with van der Waals surface area (Å²) in [4.78, 5) is 27.5. The lowest BCUT2D eigenvalue weighted by Gasteiger charge is -2.29. The molecule has 0 saturated carbocycles. The average Bonchev–Trinajstić information content (AvgIpc) is 2.75. The Balaban J connectivity index is 2.12. The van der Waals surface area contributed by atoms with Gasteiger partial charge in [-0.1, -0.05) is 74.8 Å². The lowest BCUT2D eigenvalue weighted by molar-refractivity contribution is -0.140. The van der Waals surface area contributed by atoms with E-state index in [1.807, 2.05) is 32.0 Å². The largest absolute Gasteiger partial charge is 0.354 e. The Morgan fingerprint density at radius 1 is 1.00 bits per heavy atom. The number of carbonyl (C=O) groups excluding carboxylic acids is 2. The SMILES string of the molecule is CCc1ccc(CCC(=O)N(Cc2ccccc2Cl)C(C)C(=O)NCC(C)C)cc1. The van der Waals surface area contributed by atoms with Gasteiger partial charge in [-0.2, -0.15) is 0 Å². The van der Waals surface area contributed by atoms with Gasteiger partial charge in [0.05, 0.1) is 0 Å². The molecule has 0 aliphatic heterocycles. The molecule has 30 heavy (non-hydrogen) atoms. The second-order valence-corrected chi connectivity index (χ2v) is 8.51. The fourth-order valence-corrected chi connectivity index (χ4v) is 3.38. The number of halogens is 1. The molecule has 5 heteroatoms. The second kappa shape index (κ2) is 11.8. The zero-order valence-corrected chi connectivity index (χ0v) is 19.2. The number of nitrogens with one attached hydrogen (secondary N) is 1. The van der Waals surface area contributed by atoms with Gasteiger partial charge < -0.3 is 10.2 Å². The first-order valence-electron chi connectivity index (χ1n) is 10.7. The van der Waals surface area contributed by atoms with Gasteiger partial charge in [-0.05, 0) is 48.4 Å². The van der Waals surface area contributed by atoms with Crippen LogP contribution < -0.4 is 5.32 Å². The maximum absolute atomic E-state index is 13.1. The summed E-state index contributed by atoms with van der Waals surface area (Å²) in [6.45, 7) is 8.88. The normalized spacial score (nSPS) is 11.9. The summed E-state index contributed by atoms with van der Waals surface area (Å²) >= 11 is 6.32. The summed E-state index contributed by atoms with van der Waals surface area (Å²) in [6, 6.07) is 15.2. The predicted molar refractivity (Wildman–Crippen MR) is 123 cm³/mol. The monoisotopic (exact) mass is 428 g/mol. The van der Waals surface area contributed by atoms with Gasteiger partial charge in [-0.3, -0.25) is 9.59 Å². The smallest absolute Gasteiger partial charge is 0.242 e.